The van der Waals surface area contributed by atoms with E-state index in [0.717, 1.165) is 11.3 Å². The van der Waals surface area contributed by atoms with Crippen LogP contribution < -0.4 is 24.3 Å². The Bertz CT molecular complexity index is 1190. The molecule has 0 unspecified atom stereocenters. The third-order valence-electron chi connectivity index (χ3n) is 5.23. The molecule has 196 valence electrons. The van der Waals surface area contributed by atoms with Crippen LogP contribution in [0, 0.1) is 0 Å². The highest BCUT2D eigenvalue weighted by Gasteiger charge is 2.35. The van der Waals surface area contributed by atoms with Crippen molar-refractivity contribution in [3.8, 4) is 23.0 Å². The summed E-state index contributed by atoms with van der Waals surface area (Å²) >= 11 is 0. The van der Waals surface area contributed by atoms with E-state index in [1.54, 1.807) is 42.5 Å². The third-order valence-corrected chi connectivity index (χ3v) is 5.23. The predicted molar refractivity (Wildman–Crippen MR) is 139 cm³/mol. The molecule has 1 saturated heterocycles. The number of hydrogen-bond acceptors (Lipinski definition) is 7. The molecule has 1 heterocycles. The summed E-state index contributed by atoms with van der Waals surface area (Å²) in [5.41, 5.74) is 1.01. The Hall–Kier alpha value is -4.27. The summed E-state index contributed by atoms with van der Waals surface area (Å²) in [5, 5.41) is 2.24. The smallest absolute Gasteiger partial charge is 0.331 e. The maximum absolute atomic E-state index is 13.2. The molecule has 0 atom stereocenters. The van der Waals surface area contributed by atoms with Crippen LogP contribution in [0.15, 0.2) is 54.6 Å². The monoisotopic (exact) mass is 508 g/mol. The van der Waals surface area contributed by atoms with Gasteiger partial charge in [0, 0.05) is 0 Å². The Morgan fingerprint density at radius 3 is 2.22 bits per heavy atom. The molecule has 37 heavy (non-hydrogen) atoms. The second-order valence-corrected chi connectivity index (χ2v) is 8.01. The minimum Gasteiger partial charge on any atom is -0.490 e. The van der Waals surface area contributed by atoms with Crippen molar-refractivity contribution in [2.75, 3.05) is 26.4 Å². The molecule has 9 nitrogen and oxygen atoms in total. The van der Waals surface area contributed by atoms with Gasteiger partial charge in [-0.1, -0.05) is 31.7 Å². The molecule has 2 aromatic carbocycles. The lowest BCUT2D eigenvalue weighted by atomic mass is 10.1. The van der Waals surface area contributed by atoms with Gasteiger partial charge in [-0.25, -0.2) is 4.79 Å². The van der Waals surface area contributed by atoms with Crippen molar-refractivity contribution in [1.29, 1.82) is 0 Å². The van der Waals surface area contributed by atoms with Crippen molar-refractivity contribution < 1.29 is 33.3 Å². The quantitative estimate of drug-likeness (QED) is 0.241. The van der Waals surface area contributed by atoms with Gasteiger partial charge in [-0.2, -0.15) is 0 Å². The number of hydrogen-bond donors (Lipinski definition) is 1. The van der Waals surface area contributed by atoms with Crippen molar-refractivity contribution in [1.82, 2.24) is 10.2 Å². The number of benzene rings is 2. The Kier molecular flexibility index (Phi) is 9.71. The normalized spacial score (nSPS) is 14.4. The van der Waals surface area contributed by atoms with Crippen molar-refractivity contribution in [2.45, 2.75) is 33.7 Å². The molecule has 1 N–H and O–H groups in total. The van der Waals surface area contributed by atoms with Gasteiger partial charge in [-0.05, 0) is 61.7 Å². The van der Waals surface area contributed by atoms with Crippen LogP contribution in [-0.4, -0.2) is 49.2 Å². The lowest BCUT2D eigenvalue weighted by Crippen LogP contribution is -2.53. The van der Waals surface area contributed by atoms with Gasteiger partial charge in [0.2, 0.25) is 0 Å². The van der Waals surface area contributed by atoms with E-state index in [4.69, 9.17) is 18.9 Å². The summed E-state index contributed by atoms with van der Waals surface area (Å²) < 4.78 is 22.6. The molecule has 3 rings (SSSR count). The summed E-state index contributed by atoms with van der Waals surface area (Å²) in [4.78, 5) is 39.4. The topological polar surface area (TPSA) is 103 Å². The van der Waals surface area contributed by atoms with Crippen LogP contribution in [0.25, 0.3) is 6.08 Å². The van der Waals surface area contributed by atoms with Gasteiger partial charge in [0.1, 0.15) is 12.2 Å². The molecule has 4 amide bonds. The average molecular weight is 509 g/mol. The fourth-order valence-electron chi connectivity index (χ4n) is 3.59. The van der Waals surface area contributed by atoms with Gasteiger partial charge in [0.25, 0.3) is 11.8 Å². The van der Waals surface area contributed by atoms with E-state index < -0.39 is 17.8 Å². The average Bonchev–Trinajstić information content (AvgIpc) is 2.88. The maximum Gasteiger partial charge on any atom is 0.331 e. The van der Waals surface area contributed by atoms with Crippen LogP contribution in [0.1, 0.15) is 38.3 Å². The third kappa shape index (κ3) is 6.91. The van der Waals surface area contributed by atoms with Crippen molar-refractivity contribution in [3.63, 3.8) is 0 Å². The number of urea groups is 1. The molecule has 0 aromatic heterocycles. The molecule has 1 fully saturated rings. The minimum absolute atomic E-state index is 0.0536. The second kappa shape index (κ2) is 13.2. The van der Waals surface area contributed by atoms with Crippen LogP contribution in [0.3, 0.4) is 0 Å². The first-order chi connectivity index (χ1) is 17.9. The first-order valence-corrected chi connectivity index (χ1v) is 12.2. The molecule has 2 aromatic rings. The number of imide groups is 2. The first kappa shape index (κ1) is 27.3. The van der Waals surface area contributed by atoms with Gasteiger partial charge < -0.3 is 18.9 Å². The zero-order valence-corrected chi connectivity index (χ0v) is 21.4. The maximum atomic E-state index is 13.2. The van der Waals surface area contributed by atoms with E-state index in [0.29, 0.717) is 60.6 Å². The Morgan fingerprint density at radius 2 is 1.54 bits per heavy atom. The number of carbonyl (C=O) groups excluding carboxylic acids is 3. The first-order valence-electron chi connectivity index (χ1n) is 12.2. The Labute approximate surface area is 216 Å². The Balaban J connectivity index is 1.87. The molecule has 9 heteroatoms. The summed E-state index contributed by atoms with van der Waals surface area (Å²) in [7, 11) is 0. The number of nitrogens with one attached hydrogen (secondary N) is 1. The van der Waals surface area contributed by atoms with Gasteiger partial charge in [-0.3, -0.25) is 19.8 Å². The van der Waals surface area contributed by atoms with Gasteiger partial charge in [0.15, 0.2) is 23.0 Å². The fraction of sp³-hybridized carbons (Fsp3) is 0.321. The summed E-state index contributed by atoms with van der Waals surface area (Å²) in [6.07, 6.45) is 3.88. The van der Waals surface area contributed by atoms with E-state index in [1.165, 1.54) is 6.08 Å². The number of ether oxygens (including phenoxy) is 4. The number of amides is 4. The highest BCUT2D eigenvalue weighted by molar-refractivity contribution is 6.30. The summed E-state index contributed by atoms with van der Waals surface area (Å²) in [6, 6.07) is 9.48. The number of carbonyl (C=O) groups is 3. The van der Waals surface area contributed by atoms with E-state index in [1.807, 2.05) is 20.8 Å². The zero-order valence-electron chi connectivity index (χ0n) is 21.4. The van der Waals surface area contributed by atoms with Gasteiger partial charge >= 0.3 is 6.03 Å². The molecular formula is C28H32N2O7. The van der Waals surface area contributed by atoms with Gasteiger partial charge in [-0.15, -0.1) is 0 Å². The molecule has 1 aliphatic rings. The van der Waals surface area contributed by atoms with Crippen molar-refractivity contribution >= 4 is 23.9 Å². The fourth-order valence-corrected chi connectivity index (χ4v) is 3.59. The minimum atomic E-state index is -0.792. The highest BCUT2D eigenvalue weighted by atomic mass is 16.5. The van der Waals surface area contributed by atoms with E-state index in [2.05, 4.69) is 11.9 Å². The van der Waals surface area contributed by atoms with Crippen LogP contribution in [-0.2, 0) is 16.1 Å². The number of nitrogens with zero attached hydrogens (tertiary/aromatic N) is 1. The van der Waals surface area contributed by atoms with E-state index >= 15 is 0 Å². The van der Waals surface area contributed by atoms with Crippen molar-refractivity contribution in [2.24, 2.45) is 0 Å². The Morgan fingerprint density at radius 1 is 0.865 bits per heavy atom. The van der Waals surface area contributed by atoms with Crippen LogP contribution in [0.2, 0.25) is 0 Å². The molecule has 0 radical (unpaired) electrons. The summed E-state index contributed by atoms with van der Waals surface area (Å²) in [6.45, 7) is 10.9. The van der Waals surface area contributed by atoms with Crippen LogP contribution in [0.4, 0.5) is 4.79 Å². The SMILES string of the molecule is C=CCOc1ccc(/C=C2\C(=O)NC(=O)N(Cc3ccc(OCCC)c(OCC)c3)C2=O)cc1OCC. The lowest BCUT2D eigenvalue weighted by molar-refractivity contribution is -0.130. The second-order valence-electron chi connectivity index (χ2n) is 8.01. The predicted octanol–water partition coefficient (Wildman–Crippen LogP) is 4.50. The standard InChI is InChI=1S/C28H32N2O7/c1-5-13-36-22-11-9-19(16-24(22)34-7-3)15-21-26(31)29-28(33)30(27(21)32)18-20-10-12-23(37-14-6-2)25(17-20)35-8-4/h5,9-12,15-17H,1,6-8,13-14,18H2,2-4H3,(H,29,31,33)/b21-15+. The highest BCUT2D eigenvalue weighted by Crippen LogP contribution is 2.31. The largest absolute Gasteiger partial charge is 0.490 e. The molecule has 0 spiro atoms. The molecule has 0 saturated carbocycles. The van der Waals surface area contributed by atoms with E-state index in [-0.39, 0.29) is 12.1 Å². The van der Waals surface area contributed by atoms with Crippen LogP contribution >= 0.6 is 0 Å². The van der Waals surface area contributed by atoms with Crippen molar-refractivity contribution in [3.05, 3.63) is 65.8 Å². The lowest BCUT2D eigenvalue weighted by Gasteiger charge is -2.26. The van der Waals surface area contributed by atoms with Crippen LogP contribution in [0.5, 0.6) is 23.0 Å². The molecule has 0 bridgehead atoms. The van der Waals surface area contributed by atoms with Gasteiger partial charge in [0.05, 0.1) is 26.4 Å². The summed E-state index contributed by atoms with van der Waals surface area (Å²) in [5.74, 6) is 0.605. The number of rotatable bonds is 13. The number of barbiturate groups is 1. The molecule has 0 aliphatic carbocycles. The molecular weight excluding hydrogens is 476 g/mol. The van der Waals surface area contributed by atoms with E-state index in [9.17, 15) is 14.4 Å². The molecule has 1 aliphatic heterocycles. The zero-order chi connectivity index (χ0) is 26.8.